The fourth-order valence-electron chi connectivity index (χ4n) is 1.75. The van der Waals surface area contributed by atoms with E-state index in [0.29, 0.717) is 12.8 Å². The average molecular weight is 238 g/mol. The first-order valence-electron chi connectivity index (χ1n) is 5.20. The highest BCUT2D eigenvalue weighted by Gasteiger charge is 2.45. The van der Waals surface area contributed by atoms with Crippen LogP contribution in [0.5, 0.6) is 0 Å². The molecule has 1 aliphatic rings. The highest BCUT2D eigenvalue weighted by Crippen LogP contribution is 2.32. The van der Waals surface area contributed by atoms with Gasteiger partial charge < -0.3 is 10.4 Å². The van der Waals surface area contributed by atoms with E-state index < -0.39 is 23.2 Å². The van der Waals surface area contributed by atoms with E-state index >= 15 is 0 Å². The van der Waals surface area contributed by atoms with Crippen molar-refractivity contribution in [2.45, 2.75) is 24.8 Å². The van der Waals surface area contributed by atoms with Gasteiger partial charge in [0.25, 0.3) is 5.91 Å². The Morgan fingerprint density at radius 3 is 2.59 bits per heavy atom. The van der Waals surface area contributed by atoms with Crippen LogP contribution in [-0.2, 0) is 4.79 Å². The lowest BCUT2D eigenvalue weighted by molar-refractivity contribution is -0.148. The minimum absolute atomic E-state index is 0.0255. The molecule has 0 bridgehead atoms. The molecule has 1 aromatic rings. The number of hydrogen-bond donors (Lipinski definition) is 2. The topological polar surface area (TPSA) is 79.3 Å². The highest BCUT2D eigenvalue weighted by molar-refractivity contribution is 5.97. The maximum absolute atomic E-state index is 12.9. The molecule has 0 atom stereocenters. The zero-order valence-corrected chi connectivity index (χ0v) is 8.94. The first-order valence-corrected chi connectivity index (χ1v) is 5.20. The Balaban J connectivity index is 2.14. The van der Waals surface area contributed by atoms with E-state index in [9.17, 15) is 14.0 Å². The van der Waals surface area contributed by atoms with Gasteiger partial charge in [0, 0.05) is 6.20 Å². The molecule has 0 spiro atoms. The number of rotatable bonds is 3. The number of hydrogen-bond acceptors (Lipinski definition) is 3. The molecule has 1 fully saturated rings. The number of carboxylic acid groups (broad SMARTS) is 1. The van der Waals surface area contributed by atoms with Crippen molar-refractivity contribution < 1.29 is 19.1 Å². The van der Waals surface area contributed by atoms with Crippen molar-refractivity contribution in [2.75, 3.05) is 0 Å². The molecule has 1 amide bonds. The maximum Gasteiger partial charge on any atom is 0.329 e. The van der Waals surface area contributed by atoms with Crippen LogP contribution in [0, 0.1) is 5.82 Å². The molecule has 2 N–H and O–H groups in total. The average Bonchev–Trinajstić information content (AvgIpc) is 2.22. The molecule has 0 radical (unpaired) electrons. The van der Waals surface area contributed by atoms with Crippen molar-refractivity contribution in [3.8, 4) is 0 Å². The van der Waals surface area contributed by atoms with Gasteiger partial charge in [0.2, 0.25) is 0 Å². The fourth-order valence-corrected chi connectivity index (χ4v) is 1.75. The summed E-state index contributed by atoms with van der Waals surface area (Å²) in [4.78, 5) is 26.3. The maximum atomic E-state index is 12.9. The number of carboxylic acids is 1. The minimum Gasteiger partial charge on any atom is -0.480 e. The van der Waals surface area contributed by atoms with Gasteiger partial charge in [-0.15, -0.1) is 0 Å². The molecule has 5 nitrogen and oxygen atoms in total. The van der Waals surface area contributed by atoms with E-state index in [0.717, 1.165) is 18.7 Å². The lowest BCUT2D eigenvalue weighted by Gasteiger charge is -2.38. The summed E-state index contributed by atoms with van der Waals surface area (Å²) >= 11 is 0. The van der Waals surface area contributed by atoms with Gasteiger partial charge in [-0.05, 0) is 25.3 Å². The van der Waals surface area contributed by atoms with Gasteiger partial charge in [0.1, 0.15) is 11.4 Å². The summed E-state index contributed by atoms with van der Waals surface area (Å²) in [6, 6.07) is 1.02. The quantitative estimate of drug-likeness (QED) is 0.821. The second kappa shape index (κ2) is 4.12. The van der Waals surface area contributed by atoms with Crippen LogP contribution in [0.1, 0.15) is 29.6 Å². The van der Waals surface area contributed by atoms with Crippen molar-refractivity contribution in [3.63, 3.8) is 0 Å². The summed E-state index contributed by atoms with van der Waals surface area (Å²) < 4.78 is 12.9. The Hall–Kier alpha value is -1.98. The zero-order chi connectivity index (χ0) is 12.5. The lowest BCUT2D eigenvalue weighted by atomic mass is 9.76. The van der Waals surface area contributed by atoms with Gasteiger partial charge in [-0.2, -0.15) is 0 Å². The molecular weight excluding hydrogens is 227 g/mol. The van der Waals surface area contributed by atoms with Crippen molar-refractivity contribution in [1.29, 1.82) is 0 Å². The second-order valence-electron chi connectivity index (χ2n) is 4.09. The molecule has 0 aromatic carbocycles. The molecule has 6 heteroatoms. The molecule has 0 unspecified atom stereocenters. The summed E-state index contributed by atoms with van der Waals surface area (Å²) in [5.41, 5.74) is -1.17. The first kappa shape index (κ1) is 11.5. The van der Waals surface area contributed by atoms with Gasteiger partial charge in [-0.1, -0.05) is 0 Å². The molecule has 1 heterocycles. The molecule has 0 saturated heterocycles. The fraction of sp³-hybridized carbons (Fsp3) is 0.364. The monoisotopic (exact) mass is 238 g/mol. The smallest absolute Gasteiger partial charge is 0.329 e. The molecule has 1 aliphatic carbocycles. The number of nitrogens with zero attached hydrogens (tertiary/aromatic N) is 1. The van der Waals surface area contributed by atoms with Gasteiger partial charge in [0.15, 0.2) is 0 Å². The number of halogens is 1. The van der Waals surface area contributed by atoms with Crippen LogP contribution in [0.2, 0.25) is 0 Å². The van der Waals surface area contributed by atoms with Crippen LogP contribution < -0.4 is 5.32 Å². The number of aromatic nitrogens is 1. The summed E-state index contributed by atoms with van der Waals surface area (Å²) in [6.45, 7) is 0. The largest absolute Gasteiger partial charge is 0.480 e. The van der Waals surface area contributed by atoms with E-state index in [2.05, 4.69) is 10.3 Å². The Bertz CT molecular complexity index is 472. The summed E-state index contributed by atoms with van der Waals surface area (Å²) in [7, 11) is 0. The number of aliphatic carboxylic acids is 1. The highest BCUT2D eigenvalue weighted by atomic mass is 19.1. The van der Waals surface area contributed by atoms with E-state index in [1.54, 1.807) is 0 Å². The standard InChI is InChI=1S/C11H11FN2O3/c12-8-4-7(5-13-6-8)9(15)14-11(10(16)17)2-1-3-11/h4-6H,1-3H2,(H,14,15)(H,16,17). The number of pyridine rings is 1. The van der Waals surface area contributed by atoms with Crippen molar-refractivity contribution in [2.24, 2.45) is 0 Å². The van der Waals surface area contributed by atoms with Gasteiger partial charge >= 0.3 is 5.97 Å². The summed E-state index contributed by atoms with van der Waals surface area (Å²) in [5.74, 6) is -2.30. The summed E-state index contributed by atoms with van der Waals surface area (Å²) in [5, 5.41) is 11.5. The van der Waals surface area contributed by atoms with Gasteiger partial charge in [0.05, 0.1) is 11.8 Å². The molecular formula is C11H11FN2O3. The third kappa shape index (κ3) is 2.11. The van der Waals surface area contributed by atoms with E-state index in [1.807, 2.05) is 0 Å². The normalized spacial score (nSPS) is 17.0. The predicted molar refractivity (Wildman–Crippen MR) is 55.9 cm³/mol. The SMILES string of the molecule is O=C(NC1(C(=O)O)CCC1)c1cncc(F)c1. The Morgan fingerprint density at radius 2 is 2.12 bits per heavy atom. The Morgan fingerprint density at radius 1 is 1.41 bits per heavy atom. The minimum atomic E-state index is -1.19. The van der Waals surface area contributed by atoms with Crippen molar-refractivity contribution in [3.05, 3.63) is 29.8 Å². The first-order chi connectivity index (χ1) is 8.03. The number of nitrogens with one attached hydrogen (secondary N) is 1. The Kier molecular flexibility index (Phi) is 2.79. The van der Waals surface area contributed by atoms with Crippen LogP contribution in [-0.4, -0.2) is 27.5 Å². The van der Waals surface area contributed by atoms with Crippen molar-refractivity contribution >= 4 is 11.9 Å². The number of amides is 1. The van der Waals surface area contributed by atoms with Crippen molar-refractivity contribution in [1.82, 2.24) is 10.3 Å². The summed E-state index contributed by atoms with van der Waals surface area (Å²) in [6.07, 6.45) is 3.74. The zero-order valence-electron chi connectivity index (χ0n) is 8.94. The molecule has 0 aliphatic heterocycles. The second-order valence-corrected chi connectivity index (χ2v) is 4.09. The molecule has 17 heavy (non-hydrogen) atoms. The van der Waals surface area contributed by atoms with Crippen LogP contribution in [0.4, 0.5) is 4.39 Å². The van der Waals surface area contributed by atoms with Crippen LogP contribution in [0.15, 0.2) is 18.5 Å². The van der Waals surface area contributed by atoms with Crippen LogP contribution >= 0.6 is 0 Å². The lowest BCUT2D eigenvalue weighted by Crippen LogP contribution is -2.59. The van der Waals surface area contributed by atoms with E-state index in [1.165, 1.54) is 6.20 Å². The number of carbonyl (C=O) groups is 2. The predicted octanol–water partition coefficient (Wildman–Crippen LogP) is 0.958. The molecule has 1 saturated carbocycles. The molecule has 1 aromatic heterocycles. The van der Waals surface area contributed by atoms with Crippen LogP contribution in [0.3, 0.4) is 0 Å². The molecule has 90 valence electrons. The molecule has 2 rings (SSSR count). The Labute approximate surface area is 96.7 Å². The van der Waals surface area contributed by atoms with Crippen LogP contribution in [0.25, 0.3) is 0 Å². The van der Waals surface area contributed by atoms with E-state index in [4.69, 9.17) is 5.11 Å². The third-order valence-corrected chi connectivity index (χ3v) is 2.94. The third-order valence-electron chi connectivity index (χ3n) is 2.94. The number of carbonyl (C=O) groups excluding carboxylic acids is 1. The van der Waals surface area contributed by atoms with Gasteiger partial charge in [-0.25, -0.2) is 9.18 Å². The van der Waals surface area contributed by atoms with Gasteiger partial charge in [-0.3, -0.25) is 9.78 Å². The van der Waals surface area contributed by atoms with E-state index in [-0.39, 0.29) is 5.56 Å².